The Morgan fingerprint density at radius 1 is 1.44 bits per heavy atom. The van der Waals surface area contributed by atoms with Crippen molar-refractivity contribution in [3.8, 4) is 6.07 Å². The molecule has 0 saturated heterocycles. The zero-order valence-electron chi connectivity index (χ0n) is 9.09. The molecule has 0 atom stereocenters. The van der Waals surface area contributed by atoms with Gasteiger partial charge in [-0.15, -0.1) is 5.01 Å². The Balaban J connectivity index is 2.70. The summed E-state index contributed by atoms with van der Waals surface area (Å²) in [5.41, 5.74) is 1.40. The lowest BCUT2D eigenvalue weighted by Crippen LogP contribution is -2.30. The van der Waals surface area contributed by atoms with Crippen molar-refractivity contribution < 1.29 is 5.03 Å². The fourth-order valence-electron chi connectivity index (χ4n) is 1.37. The molecule has 1 aromatic carbocycles. The molecule has 0 aliphatic rings. The predicted molar refractivity (Wildman–Crippen MR) is 58.9 cm³/mol. The molecule has 0 bridgehead atoms. The van der Waals surface area contributed by atoms with Crippen LogP contribution in [0.2, 0.25) is 0 Å². The molecule has 0 unspecified atom stereocenters. The van der Waals surface area contributed by atoms with Gasteiger partial charge in [-0.2, -0.15) is 5.26 Å². The van der Waals surface area contributed by atoms with Crippen LogP contribution in [0.5, 0.6) is 0 Å². The van der Waals surface area contributed by atoms with Crippen LogP contribution >= 0.6 is 0 Å². The number of nitro groups is 1. The summed E-state index contributed by atoms with van der Waals surface area (Å²) in [5.74, 6) is 0. The second kappa shape index (κ2) is 5.71. The molecule has 0 aliphatic heterocycles. The van der Waals surface area contributed by atoms with Gasteiger partial charge in [0, 0.05) is 0 Å². The van der Waals surface area contributed by atoms with Gasteiger partial charge in [-0.05, 0) is 24.1 Å². The van der Waals surface area contributed by atoms with Gasteiger partial charge in [0.1, 0.15) is 6.54 Å². The molecular weight excluding hydrogens is 206 g/mol. The molecule has 1 rings (SSSR count). The second-order valence-corrected chi connectivity index (χ2v) is 3.43. The fraction of sp³-hybridized carbons (Fsp3) is 0.364. The largest absolute Gasteiger partial charge is 0.235 e. The summed E-state index contributed by atoms with van der Waals surface area (Å²) in [7, 11) is 0. The van der Waals surface area contributed by atoms with Crippen LogP contribution in [0.15, 0.2) is 24.3 Å². The molecule has 0 amide bonds. The van der Waals surface area contributed by atoms with Crippen molar-refractivity contribution in [3.63, 3.8) is 0 Å². The Labute approximate surface area is 94.0 Å². The highest BCUT2D eigenvalue weighted by atomic mass is 16.7. The molecule has 0 aliphatic carbocycles. The first kappa shape index (κ1) is 12.0. The van der Waals surface area contributed by atoms with Gasteiger partial charge in [-0.1, -0.05) is 19.1 Å². The number of nitriles is 1. The lowest BCUT2D eigenvalue weighted by atomic mass is 10.1. The number of hydrogen-bond donors (Lipinski definition) is 0. The van der Waals surface area contributed by atoms with Crippen LogP contribution in [0.1, 0.15) is 24.5 Å². The lowest BCUT2D eigenvalue weighted by molar-refractivity contribution is -0.659. The molecule has 0 radical (unpaired) electrons. The van der Waals surface area contributed by atoms with Crippen molar-refractivity contribution in [1.82, 2.24) is 5.01 Å². The smallest absolute Gasteiger partial charge is 0.160 e. The standard InChI is InChI=1S/C11H13N3O2/c1-2-7-13(14(15)16)9-11-5-3-10(8-12)4-6-11/h3-6H,2,7,9H2,1H3. The molecule has 0 N–H and O–H groups in total. The lowest BCUT2D eigenvalue weighted by Gasteiger charge is -2.12. The summed E-state index contributed by atoms with van der Waals surface area (Å²) in [6, 6.07) is 8.82. The van der Waals surface area contributed by atoms with Crippen LogP contribution < -0.4 is 0 Å². The first-order valence-corrected chi connectivity index (χ1v) is 5.05. The van der Waals surface area contributed by atoms with E-state index in [1.807, 2.05) is 13.0 Å². The Hall–Kier alpha value is -2.09. The van der Waals surface area contributed by atoms with Gasteiger partial charge >= 0.3 is 0 Å². The molecule has 0 aromatic heterocycles. The van der Waals surface area contributed by atoms with Crippen LogP contribution in [0, 0.1) is 21.4 Å². The molecule has 0 fully saturated rings. The van der Waals surface area contributed by atoms with Crippen molar-refractivity contribution in [2.24, 2.45) is 0 Å². The molecule has 0 spiro atoms. The molecule has 5 nitrogen and oxygen atoms in total. The predicted octanol–water partition coefficient (Wildman–Crippen LogP) is 1.96. The zero-order valence-corrected chi connectivity index (χ0v) is 9.09. The number of benzene rings is 1. The van der Waals surface area contributed by atoms with Crippen molar-refractivity contribution in [3.05, 3.63) is 45.5 Å². The third-order valence-electron chi connectivity index (χ3n) is 2.16. The van der Waals surface area contributed by atoms with Crippen LogP contribution in [-0.2, 0) is 6.54 Å². The third kappa shape index (κ3) is 3.24. The highest BCUT2D eigenvalue weighted by molar-refractivity contribution is 5.31. The topological polar surface area (TPSA) is 70.2 Å². The van der Waals surface area contributed by atoms with E-state index in [-0.39, 0.29) is 11.6 Å². The van der Waals surface area contributed by atoms with Gasteiger partial charge in [-0.3, -0.25) is 0 Å². The van der Waals surface area contributed by atoms with Gasteiger partial charge in [0.2, 0.25) is 0 Å². The van der Waals surface area contributed by atoms with E-state index in [4.69, 9.17) is 5.26 Å². The van der Waals surface area contributed by atoms with E-state index in [9.17, 15) is 10.1 Å². The minimum Gasteiger partial charge on any atom is -0.235 e. The Morgan fingerprint density at radius 2 is 2.06 bits per heavy atom. The number of hydrogen-bond acceptors (Lipinski definition) is 3. The van der Waals surface area contributed by atoms with Gasteiger partial charge in [0.15, 0.2) is 5.03 Å². The van der Waals surface area contributed by atoms with E-state index in [1.54, 1.807) is 24.3 Å². The van der Waals surface area contributed by atoms with Crippen LogP contribution in [0.25, 0.3) is 0 Å². The maximum Gasteiger partial charge on any atom is 0.160 e. The molecule has 0 heterocycles. The molecule has 84 valence electrons. The average Bonchev–Trinajstić information content (AvgIpc) is 2.29. The van der Waals surface area contributed by atoms with Crippen molar-refractivity contribution in [1.29, 1.82) is 5.26 Å². The molecular formula is C11H13N3O2. The van der Waals surface area contributed by atoms with Crippen LogP contribution in [0.3, 0.4) is 0 Å². The van der Waals surface area contributed by atoms with Gasteiger partial charge in [0.25, 0.3) is 0 Å². The van der Waals surface area contributed by atoms with Crippen LogP contribution in [-0.4, -0.2) is 16.6 Å². The normalized spacial score (nSPS) is 9.50. The maximum absolute atomic E-state index is 10.7. The highest BCUT2D eigenvalue weighted by Gasteiger charge is 2.12. The zero-order chi connectivity index (χ0) is 12.0. The summed E-state index contributed by atoms with van der Waals surface area (Å²) in [6.45, 7) is 2.59. The van der Waals surface area contributed by atoms with E-state index < -0.39 is 0 Å². The molecule has 5 heteroatoms. The Morgan fingerprint density at radius 3 is 2.50 bits per heavy atom. The Kier molecular flexibility index (Phi) is 4.28. The van der Waals surface area contributed by atoms with Gasteiger partial charge in [0.05, 0.1) is 18.2 Å². The Bertz CT molecular complexity index is 395. The van der Waals surface area contributed by atoms with E-state index in [2.05, 4.69) is 0 Å². The first-order valence-electron chi connectivity index (χ1n) is 5.05. The summed E-state index contributed by atoms with van der Waals surface area (Å²) >= 11 is 0. The number of rotatable bonds is 5. The number of nitrogens with zero attached hydrogens (tertiary/aromatic N) is 3. The third-order valence-corrected chi connectivity index (χ3v) is 2.16. The van der Waals surface area contributed by atoms with E-state index >= 15 is 0 Å². The minimum absolute atomic E-state index is 0.270. The quantitative estimate of drug-likeness (QED) is 0.560. The van der Waals surface area contributed by atoms with Crippen LogP contribution in [0.4, 0.5) is 0 Å². The summed E-state index contributed by atoms with van der Waals surface area (Å²) in [4.78, 5) is 10.7. The summed E-state index contributed by atoms with van der Waals surface area (Å²) in [5, 5.41) is 20.1. The highest BCUT2D eigenvalue weighted by Crippen LogP contribution is 2.07. The van der Waals surface area contributed by atoms with E-state index in [0.29, 0.717) is 12.1 Å². The van der Waals surface area contributed by atoms with Crippen molar-refractivity contribution >= 4 is 0 Å². The monoisotopic (exact) mass is 219 g/mol. The maximum atomic E-state index is 10.7. The van der Waals surface area contributed by atoms with Crippen molar-refractivity contribution in [2.45, 2.75) is 19.9 Å². The van der Waals surface area contributed by atoms with E-state index in [0.717, 1.165) is 12.0 Å². The molecule has 16 heavy (non-hydrogen) atoms. The van der Waals surface area contributed by atoms with Gasteiger partial charge in [-0.25, -0.2) is 10.1 Å². The SMILES string of the molecule is CCCN(Cc1ccc(C#N)cc1)[N+](=O)[O-]. The molecule has 1 aromatic rings. The number of hydrazine groups is 1. The summed E-state index contributed by atoms with van der Waals surface area (Å²) in [6.07, 6.45) is 0.733. The fourth-order valence-corrected chi connectivity index (χ4v) is 1.37. The average molecular weight is 219 g/mol. The van der Waals surface area contributed by atoms with E-state index in [1.165, 1.54) is 5.01 Å². The first-order chi connectivity index (χ1) is 7.67. The summed E-state index contributed by atoms with van der Waals surface area (Å²) < 4.78 is 0. The second-order valence-electron chi connectivity index (χ2n) is 3.43. The van der Waals surface area contributed by atoms with Gasteiger partial charge < -0.3 is 0 Å². The molecule has 0 saturated carbocycles. The minimum atomic E-state index is -0.387. The van der Waals surface area contributed by atoms with Crippen molar-refractivity contribution in [2.75, 3.05) is 6.54 Å².